The van der Waals surface area contributed by atoms with Crippen molar-refractivity contribution < 1.29 is 9.84 Å². The van der Waals surface area contributed by atoms with Gasteiger partial charge in [0.1, 0.15) is 5.75 Å². The van der Waals surface area contributed by atoms with Crippen LogP contribution >= 0.6 is 0 Å². The lowest BCUT2D eigenvalue weighted by atomic mass is 9.95. The SMILES string of the molecule is CCNC(C)C(O)c1cc(C(C)C)ccc1OC. The molecule has 0 aliphatic rings. The van der Waals surface area contributed by atoms with Crippen molar-refractivity contribution in [2.45, 2.75) is 45.8 Å². The first kappa shape index (κ1) is 15.0. The summed E-state index contributed by atoms with van der Waals surface area (Å²) in [6, 6.07) is 6.04. The molecule has 0 saturated carbocycles. The first-order valence-electron chi connectivity index (χ1n) is 6.60. The summed E-state index contributed by atoms with van der Waals surface area (Å²) >= 11 is 0. The fourth-order valence-corrected chi connectivity index (χ4v) is 2.05. The van der Waals surface area contributed by atoms with Crippen LogP contribution in [-0.2, 0) is 0 Å². The van der Waals surface area contributed by atoms with Gasteiger partial charge in [-0.25, -0.2) is 0 Å². The summed E-state index contributed by atoms with van der Waals surface area (Å²) in [5.74, 6) is 1.19. The average molecular weight is 251 g/mol. The molecule has 3 nitrogen and oxygen atoms in total. The second kappa shape index (κ2) is 6.76. The molecule has 18 heavy (non-hydrogen) atoms. The number of methoxy groups -OCH3 is 1. The van der Waals surface area contributed by atoms with E-state index in [2.05, 4.69) is 25.2 Å². The molecule has 0 heterocycles. The number of nitrogens with one attached hydrogen (secondary N) is 1. The maximum Gasteiger partial charge on any atom is 0.124 e. The summed E-state index contributed by atoms with van der Waals surface area (Å²) in [6.45, 7) is 9.14. The molecule has 1 aromatic carbocycles. The first-order valence-corrected chi connectivity index (χ1v) is 6.60. The smallest absolute Gasteiger partial charge is 0.124 e. The van der Waals surface area contributed by atoms with Crippen LogP contribution in [0.1, 0.15) is 50.8 Å². The van der Waals surface area contributed by atoms with Gasteiger partial charge in [0.25, 0.3) is 0 Å². The van der Waals surface area contributed by atoms with Gasteiger partial charge in [0.15, 0.2) is 0 Å². The number of aliphatic hydroxyl groups excluding tert-OH is 1. The number of likely N-dealkylation sites (N-methyl/N-ethyl adjacent to an activating group) is 1. The normalized spacial score (nSPS) is 14.6. The zero-order valence-corrected chi connectivity index (χ0v) is 12.0. The molecule has 2 atom stereocenters. The van der Waals surface area contributed by atoms with Crippen LogP contribution < -0.4 is 10.1 Å². The molecule has 0 bridgehead atoms. The molecule has 0 aliphatic heterocycles. The van der Waals surface area contributed by atoms with E-state index in [0.717, 1.165) is 17.9 Å². The van der Waals surface area contributed by atoms with E-state index < -0.39 is 6.10 Å². The molecule has 0 spiro atoms. The third kappa shape index (κ3) is 3.47. The molecule has 2 unspecified atom stereocenters. The van der Waals surface area contributed by atoms with Crippen LogP contribution in [0, 0.1) is 0 Å². The van der Waals surface area contributed by atoms with Crippen molar-refractivity contribution in [3.63, 3.8) is 0 Å². The summed E-state index contributed by atoms with van der Waals surface area (Å²) in [6.07, 6.45) is -0.557. The van der Waals surface area contributed by atoms with Crippen LogP contribution in [0.4, 0.5) is 0 Å². The summed E-state index contributed by atoms with van der Waals surface area (Å²) in [4.78, 5) is 0. The van der Waals surface area contributed by atoms with Crippen molar-refractivity contribution in [2.75, 3.05) is 13.7 Å². The Bertz CT molecular complexity index is 377. The Hall–Kier alpha value is -1.06. The molecule has 0 aromatic heterocycles. The lowest BCUT2D eigenvalue weighted by molar-refractivity contribution is 0.133. The van der Waals surface area contributed by atoms with Crippen molar-refractivity contribution in [2.24, 2.45) is 0 Å². The molecule has 0 fully saturated rings. The Kier molecular flexibility index (Phi) is 5.63. The lowest BCUT2D eigenvalue weighted by Crippen LogP contribution is -2.32. The largest absolute Gasteiger partial charge is 0.496 e. The van der Waals surface area contributed by atoms with E-state index >= 15 is 0 Å². The summed E-state index contributed by atoms with van der Waals surface area (Å²) in [5, 5.41) is 13.6. The highest BCUT2D eigenvalue weighted by atomic mass is 16.5. The van der Waals surface area contributed by atoms with Crippen LogP contribution in [-0.4, -0.2) is 24.8 Å². The Labute approximate surface area is 110 Å². The van der Waals surface area contributed by atoms with Crippen molar-refractivity contribution in [3.8, 4) is 5.75 Å². The Balaban J connectivity index is 3.07. The van der Waals surface area contributed by atoms with E-state index in [0.29, 0.717) is 5.92 Å². The number of aliphatic hydroxyl groups is 1. The van der Waals surface area contributed by atoms with Crippen molar-refractivity contribution >= 4 is 0 Å². The Morgan fingerprint density at radius 2 is 1.94 bits per heavy atom. The molecule has 0 saturated heterocycles. The van der Waals surface area contributed by atoms with Gasteiger partial charge in [-0.3, -0.25) is 0 Å². The Morgan fingerprint density at radius 3 is 2.44 bits per heavy atom. The number of ether oxygens (including phenoxy) is 1. The summed E-state index contributed by atoms with van der Waals surface area (Å²) in [7, 11) is 1.64. The van der Waals surface area contributed by atoms with E-state index in [1.165, 1.54) is 5.56 Å². The molecular formula is C15H25NO2. The average Bonchev–Trinajstić information content (AvgIpc) is 2.37. The molecule has 0 amide bonds. The molecule has 1 rings (SSSR count). The molecule has 0 aliphatic carbocycles. The third-order valence-corrected chi connectivity index (χ3v) is 3.24. The number of rotatable bonds is 6. The summed E-state index contributed by atoms with van der Waals surface area (Å²) < 4.78 is 5.34. The van der Waals surface area contributed by atoms with E-state index in [1.807, 2.05) is 26.0 Å². The molecule has 1 aromatic rings. The van der Waals surface area contributed by atoms with Gasteiger partial charge in [-0.05, 0) is 37.1 Å². The molecule has 3 heteroatoms. The topological polar surface area (TPSA) is 41.5 Å². The fraction of sp³-hybridized carbons (Fsp3) is 0.600. The highest BCUT2D eigenvalue weighted by Gasteiger charge is 2.20. The van der Waals surface area contributed by atoms with Gasteiger partial charge in [0.2, 0.25) is 0 Å². The van der Waals surface area contributed by atoms with Gasteiger partial charge in [-0.1, -0.05) is 26.8 Å². The van der Waals surface area contributed by atoms with E-state index in [-0.39, 0.29) is 6.04 Å². The van der Waals surface area contributed by atoms with Gasteiger partial charge in [-0.15, -0.1) is 0 Å². The van der Waals surface area contributed by atoms with Gasteiger partial charge in [0, 0.05) is 11.6 Å². The molecular weight excluding hydrogens is 226 g/mol. The zero-order valence-electron chi connectivity index (χ0n) is 12.0. The fourth-order valence-electron chi connectivity index (χ4n) is 2.05. The molecule has 2 N–H and O–H groups in total. The van der Waals surface area contributed by atoms with Gasteiger partial charge in [0.05, 0.1) is 13.2 Å². The highest BCUT2D eigenvalue weighted by Crippen LogP contribution is 2.30. The minimum absolute atomic E-state index is 0.00584. The van der Waals surface area contributed by atoms with Crippen molar-refractivity contribution in [3.05, 3.63) is 29.3 Å². The standard InChI is InChI=1S/C15H25NO2/c1-6-16-11(4)15(17)13-9-12(10(2)3)7-8-14(13)18-5/h7-11,15-17H,6H2,1-5H3. The monoisotopic (exact) mass is 251 g/mol. The second-order valence-electron chi connectivity index (χ2n) is 4.95. The number of hydrogen-bond acceptors (Lipinski definition) is 3. The molecule has 102 valence electrons. The van der Waals surface area contributed by atoms with Gasteiger partial charge < -0.3 is 15.2 Å². The van der Waals surface area contributed by atoms with Gasteiger partial charge >= 0.3 is 0 Å². The predicted octanol–water partition coefficient (Wildman–Crippen LogP) is 2.85. The number of hydrogen-bond donors (Lipinski definition) is 2. The number of benzene rings is 1. The lowest BCUT2D eigenvalue weighted by Gasteiger charge is -2.23. The quantitative estimate of drug-likeness (QED) is 0.817. The summed E-state index contributed by atoms with van der Waals surface area (Å²) in [5.41, 5.74) is 2.07. The minimum Gasteiger partial charge on any atom is -0.496 e. The van der Waals surface area contributed by atoms with Crippen LogP contribution in [0.25, 0.3) is 0 Å². The molecule has 0 radical (unpaired) electrons. The van der Waals surface area contributed by atoms with Gasteiger partial charge in [-0.2, -0.15) is 0 Å². The first-order chi connectivity index (χ1) is 8.51. The maximum atomic E-state index is 10.4. The minimum atomic E-state index is -0.557. The van der Waals surface area contributed by atoms with Crippen molar-refractivity contribution in [1.29, 1.82) is 0 Å². The van der Waals surface area contributed by atoms with E-state index in [4.69, 9.17) is 4.74 Å². The van der Waals surface area contributed by atoms with Crippen LogP contribution in [0.5, 0.6) is 5.75 Å². The van der Waals surface area contributed by atoms with E-state index in [1.54, 1.807) is 7.11 Å². The third-order valence-electron chi connectivity index (χ3n) is 3.24. The second-order valence-corrected chi connectivity index (χ2v) is 4.95. The van der Waals surface area contributed by atoms with Crippen LogP contribution in [0.2, 0.25) is 0 Å². The van der Waals surface area contributed by atoms with Crippen LogP contribution in [0.3, 0.4) is 0 Å². The zero-order chi connectivity index (χ0) is 13.7. The highest BCUT2D eigenvalue weighted by molar-refractivity contribution is 5.40. The maximum absolute atomic E-state index is 10.4. The Morgan fingerprint density at radius 1 is 1.28 bits per heavy atom. The van der Waals surface area contributed by atoms with Crippen LogP contribution in [0.15, 0.2) is 18.2 Å². The predicted molar refractivity (Wildman–Crippen MR) is 75.2 cm³/mol. The van der Waals surface area contributed by atoms with E-state index in [9.17, 15) is 5.11 Å². The van der Waals surface area contributed by atoms with Crippen molar-refractivity contribution in [1.82, 2.24) is 5.32 Å².